The topological polar surface area (TPSA) is 49.3 Å². The zero-order valence-electron chi connectivity index (χ0n) is 11.6. The molecule has 0 radical (unpaired) electrons. The van der Waals surface area contributed by atoms with Crippen LogP contribution in [0.15, 0.2) is 24.3 Å². The Morgan fingerprint density at radius 3 is 2.42 bits per heavy atom. The van der Waals surface area contributed by atoms with Crippen molar-refractivity contribution < 1.29 is 9.90 Å². The number of aryl methyl sites for hydroxylation is 1. The summed E-state index contributed by atoms with van der Waals surface area (Å²) in [5.74, 6) is 0.543. The van der Waals surface area contributed by atoms with Crippen LogP contribution in [0, 0.1) is 12.8 Å². The predicted octanol–water partition coefficient (Wildman–Crippen LogP) is 2.20. The van der Waals surface area contributed by atoms with E-state index in [9.17, 15) is 4.79 Å². The summed E-state index contributed by atoms with van der Waals surface area (Å²) < 4.78 is 0. The van der Waals surface area contributed by atoms with Gasteiger partial charge in [0, 0.05) is 12.6 Å². The van der Waals surface area contributed by atoms with Gasteiger partial charge in [-0.2, -0.15) is 0 Å². The lowest BCUT2D eigenvalue weighted by Crippen LogP contribution is -2.38. The Labute approximate surface area is 115 Å². The van der Waals surface area contributed by atoms with Gasteiger partial charge in [0.1, 0.15) is 0 Å². The number of hydrogen-bond acceptors (Lipinski definition) is 2. The number of benzene rings is 1. The molecule has 1 aliphatic carbocycles. The van der Waals surface area contributed by atoms with Crippen molar-refractivity contribution in [3.8, 4) is 0 Å². The second-order valence-electron chi connectivity index (χ2n) is 5.63. The van der Waals surface area contributed by atoms with Gasteiger partial charge < -0.3 is 10.4 Å². The predicted molar refractivity (Wildman–Crippen MR) is 75.9 cm³/mol. The van der Waals surface area contributed by atoms with Gasteiger partial charge in [0.25, 0.3) is 0 Å². The second kappa shape index (κ2) is 6.71. The van der Waals surface area contributed by atoms with Crippen LogP contribution in [0.5, 0.6) is 0 Å². The molecule has 1 aliphatic rings. The van der Waals surface area contributed by atoms with Gasteiger partial charge in [-0.25, -0.2) is 0 Å². The summed E-state index contributed by atoms with van der Waals surface area (Å²) >= 11 is 0. The average molecular weight is 261 g/mol. The highest BCUT2D eigenvalue weighted by Gasteiger charge is 2.21. The number of carbonyl (C=O) groups excluding carboxylic acids is 1. The van der Waals surface area contributed by atoms with Gasteiger partial charge in [0.2, 0.25) is 5.91 Å². The lowest BCUT2D eigenvalue weighted by Gasteiger charge is -2.28. The fourth-order valence-corrected chi connectivity index (χ4v) is 2.66. The standard InChI is InChI=1S/C16H23NO2/c1-12-2-4-13(5-3-12)10-16(19)17-15-8-6-14(11-18)7-9-15/h2-5,14-15,18H,6-11H2,1H3,(H,17,19). The fraction of sp³-hybridized carbons (Fsp3) is 0.562. The van der Waals surface area contributed by atoms with Gasteiger partial charge in [-0.05, 0) is 44.1 Å². The molecule has 1 amide bonds. The smallest absolute Gasteiger partial charge is 0.224 e. The van der Waals surface area contributed by atoms with Crippen molar-refractivity contribution in [2.24, 2.45) is 5.92 Å². The third-order valence-electron chi connectivity index (χ3n) is 3.96. The normalized spacial score (nSPS) is 23.1. The second-order valence-corrected chi connectivity index (χ2v) is 5.63. The van der Waals surface area contributed by atoms with Crippen LogP contribution in [0.25, 0.3) is 0 Å². The SMILES string of the molecule is Cc1ccc(CC(=O)NC2CCC(CO)CC2)cc1. The van der Waals surface area contributed by atoms with Crippen LogP contribution < -0.4 is 5.32 Å². The first-order chi connectivity index (χ1) is 9.17. The van der Waals surface area contributed by atoms with Crippen LogP contribution in [0.3, 0.4) is 0 Å². The molecule has 2 N–H and O–H groups in total. The van der Waals surface area contributed by atoms with Crippen molar-refractivity contribution in [3.63, 3.8) is 0 Å². The molecule has 0 aliphatic heterocycles. The first kappa shape index (κ1) is 14.1. The van der Waals surface area contributed by atoms with E-state index in [1.54, 1.807) is 0 Å². The van der Waals surface area contributed by atoms with Crippen LogP contribution in [-0.2, 0) is 11.2 Å². The molecule has 0 atom stereocenters. The minimum absolute atomic E-state index is 0.108. The molecule has 1 saturated carbocycles. The Bertz CT molecular complexity index is 405. The van der Waals surface area contributed by atoms with E-state index in [0.717, 1.165) is 31.2 Å². The van der Waals surface area contributed by atoms with Crippen LogP contribution >= 0.6 is 0 Å². The molecule has 0 saturated heterocycles. The van der Waals surface area contributed by atoms with Gasteiger partial charge in [0.15, 0.2) is 0 Å². The van der Waals surface area contributed by atoms with E-state index in [0.29, 0.717) is 18.4 Å². The summed E-state index contributed by atoms with van der Waals surface area (Å²) in [4.78, 5) is 12.0. The Kier molecular flexibility index (Phi) is 4.97. The zero-order chi connectivity index (χ0) is 13.7. The number of carbonyl (C=O) groups is 1. The van der Waals surface area contributed by atoms with E-state index in [1.807, 2.05) is 31.2 Å². The number of hydrogen-bond donors (Lipinski definition) is 2. The summed E-state index contributed by atoms with van der Waals surface area (Å²) in [6.07, 6.45) is 4.48. The van der Waals surface area contributed by atoms with E-state index in [-0.39, 0.29) is 12.5 Å². The quantitative estimate of drug-likeness (QED) is 0.873. The van der Waals surface area contributed by atoms with E-state index < -0.39 is 0 Å². The fourth-order valence-electron chi connectivity index (χ4n) is 2.66. The summed E-state index contributed by atoms with van der Waals surface area (Å²) in [5, 5.41) is 12.2. The van der Waals surface area contributed by atoms with Gasteiger partial charge in [-0.1, -0.05) is 29.8 Å². The van der Waals surface area contributed by atoms with Crippen LogP contribution in [-0.4, -0.2) is 23.7 Å². The highest BCUT2D eigenvalue weighted by molar-refractivity contribution is 5.78. The minimum atomic E-state index is 0.108. The summed E-state index contributed by atoms with van der Waals surface area (Å²) in [7, 11) is 0. The summed E-state index contributed by atoms with van der Waals surface area (Å²) in [6, 6.07) is 8.39. The third-order valence-corrected chi connectivity index (χ3v) is 3.96. The Balaban J connectivity index is 1.77. The third kappa shape index (κ3) is 4.35. The van der Waals surface area contributed by atoms with Gasteiger partial charge >= 0.3 is 0 Å². The highest BCUT2D eigenvalue weighted by Crippen LogP contribution is 2.23. The van der Waals surface area contributed by atoms with Gasteiger partial charge in [-0.15, -0.1) is 0 Å². The molecule has 3 heteroatoms. The molecular weight excluding hydrogens is 238 g/mol. The van der Waals surface area contributed by atoms with Crippen molar-refractivity contribution in [3.05, 3.63) is 35.4 Å². The zero-order valence-corrected chi connectivity index (χ0v) is 11.6. The summed E-state index contributed by atoms with van der Waals surface area (Å²) in [6.45, 7) is 2.33. The van der Waals surface area contributed by atoms with E-state index in [2.05, 4.69) is 5.32 Å². The number of rotatable bonds is 4. The molecule has 0 aromatic heterocycles. The Morgan fingerprint density at radius 1 is 1.21 bits per heavy atom. The molecule has 1 aromatic rings. The Hall–Kier alpha value is -1.35. The molecule has 3 nitrogen and oxygen atoms in total. The van der Waals surface area contributed by atoms with E-state index in [4.69, 9.17) is 5.11 Å². The molecule has 0 bridgehead atoms. The van der Waals surface area contributed by atoms with Crippen molar-refractivity contribution in [1.29, 1.82) is 0 Å². The molecular formula is C16H23NO2. The van der Waals surface area contributed by atoms with Crippen LogP contribution in [0.4, 0.5) is 0 Å². The lowest BCUT2D eigenvalue weighted by molar-refractivity contribution is -0.121. The molecule has 1 aromatic carbocycles. The molecule has 2 rings (SSSR count). The van der Waals surface area contributed by atoms with Gasteiger partial charge in [0.05, 0.1) is 6.42 Å². The first-order valence-corrected chi connectivity index (χ1v) is 7.13. The monoisotopic (exact) mass is 261 g/mol. The van der Waals surface area contributed by atoms with Gasteiger partial charge in [-0.3, -0.25) is 4.79 Å². The minimum Gasteiger partial charge on any atom is -0.396 e. The maximum atomic E-state index is 12.0. The molecule has 19 heavy (non-hydrogen) atoms. The van der Waals surface area contributed by atoms with Crippen LogP contribution in [0.1, 0.15) is 36.8 Å². The highest BCUT2D eigenvalue weighted by atomic mass is 16.3. The van der Waals surface area contributed by atoms with E-state index >= 15 is 0 Å². The van der Waals surface area contributed by atoms with Crippen molar-refractivity contribution in [2.45, 2.75) is 45.1 Å². The van der Waals surface area contributed by atoms with E-state index in [1.165, 1.54) is 5.56 Å². The van der Waals surface area contributed by atoms with Crippen molar-refractivity contribution >= 4 is 5.91 Å². The number of aliphatic hydroxyl groups excluding tert-OH is 1. The molecule has 0 unspecified atom stereocenters. The van der Waals surface area contributed by atoms with Crippen molar-refractivity contribution in [2.75, 3.05) is 6.61 Å². The number of amides is 1. The number of aliphatic hydroxyl groups is 1. The lowest BCUT2D eigenvalue weighted by atomic mass is 9.86. The average Bonchev–Trinajstić information content (AvgIpc) is 2.42. The first-order valence-electron chi connectivity index (χ1n) is 7.13. The molecule has 0 heterocycles. The van der Waals surface area contributed by atoms with Crippen LogP contribution in [0.2, 0.25) is 0 Å². The number of nitrogens with one attached hydrogen (secondary N) is 1. The maximum absolute atomic E-state index is 12.0. The maximum Gasteiger partial charge on any atom is 0.224 e. The largest absolute Gasteiger partial charge is 0.396 e. The summed E-state index contributed by atoms with van der Waals surface area (Å²) in [5.41, 5.74) is 2.28. The molecule has 1 fully saturated rings. The molecule has 104 valence electrons. The molecule has 0 spiro atoms. The Morgan fingerprint density at radius 2 is 1.84 bits per heavy atom. The van der Waals surface area contributed by atoms with Crippen molar-refractivity contribution in [1.82, 2.24) is 5.32 Å².